The Morgan fingerprint density at radius 2 is 0.780 bits per heavy atom. The van der Waals surface area contributed by atoms with Gasteiger partial charge in [0.05, 0.1) is 6.42 Å². The minimum Gasteiger partial charge on any atom is -0.462 e. The highest BCUT2D eigenvalue weighted by Gasteiger charge is 2.19. The van der Waals surface area contributed by atoms with E-state index in [0.29, 0.717) is 12.8 Å². The normalized spacial score (nSPS) is 13.5. The van der Waals surface area contributed by atoms with Crippen molar-refractivity contribution >= 4 is 17.9 Å². The summed E-state index contributed by atoms with van der Waals surface area (Å²) in [6.07, 6.45) is 65.8. The van der Waals surface area contributed by atoms with Gasteiger partial charge in [0.2, 0.25) is 0 Å². The van der Waals surface area contributed by atoms with Gasteiger partial charge in [-0.3, -0.25) is 14.4 Å². The fourth-order valence-corrected chi connectivity index (χ4v) is 5.19. The summed E-state index contributed by atoms with van der Waals surface area (Å²) in [4.78, 5) is 37.6. The Balaban J connectivity index is 4.60. The first-order valence-electron chi connectivity index (χ1n) is 22.4. The van der Waals surface area contributed by atoms with Gasteiger partial charge in [-0.25, -0.2) is 0 Å². The van der Waals surface area contributed by atoms with Gasteiger partial charge in [-0.1, -0.05) is 186 Å². The van der Waals surface area contributed by atoms with Crippen LogP contribution in [0.15, 0.2) is 146 Å². The third kappa shape index (κ3) is 44.2. The van der Waals surface area contributed by atoms with E-state index < -0.39 is 12.1 Å². The van der Waals surface area contributed by atoms with Crippen molar-refractivity contribution in [1.82, 2.24) is 0 Å². The van der Waals surface area contributed by atoms with Crippen LogP contribution in [0.1, 0.15) is 149 Å². The molecule has 0 amide bonds. The highest BCUT2D eigenvalue weighted by molar-refractivity contribution is 5.72. The lowest BCUT2D eigenvalue weighted by molar-refractivity contribution is -0.166. The van der Waals surface area contributed by atoms with E-state index >= 15 is 0 Å². The number of allylic oxidation sites excluding steroid dienone is 23. The van der Waals surface area contributed by atoms with Gasteiger partial charge in [-0.2, -0.15) is 0 Å². The molecule has 6 heteroatoms. The predicted molar refractivity (Wildman–Crippen MR) is 251 cm³/mol. The molecular weight excluding hydrogens is 733 g/mol. The largest absolute Gasteiger partial charge is 0.462 e. The first kappa shape index (κ1) is 54.3. The number of rotatable bonds is 37. The van der Waals surface area contributed by atoms with Crippen LogP contribution in [0.5, 0.6) is 0 Å². The summed E-state index contributed by atoms with van der Waals surface area (Å²) in [5.41, 5.74) is 0. The maximum atomic E-state index is 12.7. The molecule has 0 rings (SSSR count). The van der Waals surface area contributed by atoms with Crippen LogP contribution in [0.25, 0.3) is 0 Å². The molecule has 6 nitrogen and oxygen atoms in total. The third-order valence-electron chi connectivity index (χ3n) is 8.45. The van der Waals surface area contributed by atoms with Crippen LogP contribution in [0.4, 0.5) is 0 Å². The van der Waals surface area contributed by atoms with Crippen LogP contribution in [-0.2, 0) is 28.6 Å². The van der Waals surface area contributed by atoms with Gasteiger partial charge < -0.3 is 14.2 Å². The van der Waals surface area contributed by atoms with Gasteiger partial charge >= 0.3 is 17.9 Å². The van der Waals surface area contributed by atoms with Crippen LogP contribution in [0.3, 0.4) is 0 Å². The summed E-state index contributed by atoms with van der Waals surface area (Å²) >= 11 is 0. The zero-order valence-electron chi connectivity index (χ0n) is 36.9. The van der Waals surface area contributed by atoms with Gasteiger partial charge in [-0.15, -0.1) is 0 Å². The molecule has 0 aromatic heterocycles. The number of carbonyl (C=O) groups excluding carboxylic acids is 3. The molecule has 0 radical (unpaired) electrons. The minimum absolute atomic E-state index is 0.112. The van der Waals surface area contributed by atoms with Gasteiger partial charge in [0.25, 0.3) is 0 Å². The molecule has 0 aliphatic heterocycles. The molecule has 59 heavy (non-hydrogen) atoms. The maximum Gasteiger partial charge on any atom is 0.309 e. The highest BCUT2D eigenvalue weighted by atomic mass is 16.6. The van der Waals surface area contributed by atoms with Crippen molar-refractivity contribution in [2.45, 2.75) is 155 Å². The van der Waals surface area contributed by atoms with Gasteiger partial charge in [0.15, 0.2) is 6.10 Å². The van der Waals surface area contributed by atoms with Crippen LogP contribution < -0.4 is 0 Å². The fourth-order valence-electron chi connectivity index (χ4n) is 5.19. The van der Waals surface area contributed by atoms with Crippen molar-refractivity contribution in [3.05, 3.63) is 146 Å². The highest BCUT2D eigenvalue weighted by Crippen LogP contribution is 2.10. The van der Waals surface area contributed by atoms with E-state index in [0.717, 1.165) is 96.3 Å². The smallest absolute Gasteiger partial charge is 0.309 e. The monoisotopic (exact) mass is 811 g/mol. The summed E-state index contributed by atoms with van der Waals surface area (Å²) in [6.45, 7) is 6.05. The Bertz CT molecular complexity index is 1390. The van der Waals surface area contributed by atoms with Crippen molar-refractivity contribution in [2.75, 3.05) is 13.2 Å². The van der Waals surface area contributed by atoms with E-state index in [-0.39, 0.29) is 44.4 Å². The summed E-state index contributed by atoms with van der Waals surface area (Å²) in [7, 11) is 0. The molecule has 326 valence electrons. The zero-order chi connectivity index (χ0) is 43.0. The van der Waals surface area contributed by atoms with E-state index in [4.69, 9.17) is 14.2 Å². The molecule has 0 aromatic rings. The minimum atomic E-state index is -0.853. The molecule has 0 aliphatic rings. The number of hydrogen-bond donors (Lipinski definition) is 0. The number of ether oxygens (including phenoxy) is 3. The summed E-state index contributed by atoms with van der Waals surface area (Å²) in [6, 6.07) is 0. The lowest BCUT2D eigenvalue weighted by Gasteiger charge is -2.18. The summed E-state index contributed by atoms with van der Waals surface area (Å²) in [5, 5.41) is 0. The summed E-state index contributed by atoms with van der Waals surface area (Å²) < 4.78 is 16.5. The van der Waals surface area contributed by atoms with Gasteiger partial charge in [-0.05, 0) is 89.9 Å². The number of hydrogen-bond acceptors (Lipinski definition) is 6. The number of esters is 3. The Labute approximate surface area is 359 Å². The molecule has 0 N–H and O–H groups in total. The topological polar surface area (TPSA) is 78.9 Å². The van der Waals surface area contributed by atoms with Crippen LogP contribution in [0.2, 0.25) is 0 Å². The van der Waals surface area contributed by atoms with E-state index in [1.807, 2.05) is 36.5 Å². The molecule has 1 unspecified atom stereocenters. The molecule has 0 saturated heterocycles. The Hall–Kier alpha value is -4.71. The van der Waals surface area contributed by atoms with Crippen molar-refractivity contribution in [3.63, 3.8) is 0 Å². The van der Waals surface area contributed by atoms with E-state index in [1.165, 1.54) is 0 Å². The second kappa shape index (κ2) is 46.0. The maximum absolute atomic E-state index is 12.7. The molecule has 0 spiro atoms. The predicted octanol–water partition coefficient (Wildman–Crippen LogP) is 14.5. The zero-order valence-corrected chi connectivity index (χ0v) is 36.9. The van der Waals surface area contributed by atoms with Crippen molar-refractivity contribution in [3.8, 4) is 0 Å². The number of carbonyl (C=O) groups is 3. The van der Waals surface area contributed by atoms with Crippen LogP contribution >= 0.6 is 0 Å². The second-order valence-corrected chi connectivity index (χ2v) is 13.9. The van der Waals surface area contributed by atoms with Crippen molar-refractivity contribution in [2.24, 2.45) is 0 Å². The second-order valence-electron chi connectivity index (χ2n) is 13.9. The lowest BCUT2D eigenvalue weighted by Crippen LogP contribution is -2.30. The van der Waals surface area contributed by atoms with Crippen molar-refractivity contribution in [1.29, 1.82) is 0 Å². The number of unbranched alkanes of at least 4 members (excludes halogenated alkanes) is 6. The SMILES string of the molecule is CC\C=C/C=C\C=C/C=C\CCCCCCCC(=O)OC(COC(=O)C/C=C\C/C=C\C/C=C\CC)COC(=O)CCC/C=C\C/C=C\C/C=C\C/C=C\C/C=C\CC. The van der Waals surface area contributed by atoms with Crippen LogP contribution in [-0.4, -0.2) is 37.2 Å². The lowest BCUT2D eigenvalue weighted by atomic mass is 10.1. The average molecular weight is 811 g/mol. The Kier molecular flexibility index (Phi) is 42.3. The van der Waals surface area contributed by atoms with Gasteiger partial charge in [0.1, 0.15) is 13.2 Å². The Morgan fingerprint density at radius 1 is 0.373 bits per heavy atom. The van der Waals surface area contributed by atoms with E-state index in [2.05, 4.69) is 124 Å². The van der Waals surface area contributed by atoms with Crippen LogP contribution in [0, 0.1) is 0 Å². The van der Waals surface area contributed by atoms with Gasteiger partial charge in [0, 0.05) is 12.8 Å². The molecule has 0 bridgehead atoms. The standard InChI is InChI=1S/C53H78O6/c1-4-7-10-13-16-19-21-23-25-26-28-29-31-34-37-40-43-46-52(55)58-49-50(48-57-51(54)45-42-39-36-33-18-15-12-9-6-3)59-53(56)47-44-41-38-35-32-30-27-24-22-20-17-14-11-8-5-2/h7-12,14,16-20,22-25,27-29,33-34,37,39,42,50H,4-6,13,15,21,26,30-32,35-36,38,40-41,43-49H2,1-3H3/b10-7-,11-8-,12-9-,17-14-,19-16-,22-20-,25-23-,27-24-,29-28-,33-18-,37-34-,42-39-. The molecule has 0 aromatic carbocycles. The molecule has 0 saturated carbocycles. The first-order valence-corrected chi connectivity index (χ1v) is 22.4. The Morgan fingerprint density at radius 3 is 1.34 bits per heavy atom. The van der Waals surface area contributed by atoms with E-state index in [1.54, 1.807) is 6.08 Å². The third-order valence-corrected chi connectivity index (χ3v) is 8.45. The fraction of sp³-hybridized carbons (Fsp3) is 0.491. The molecular formula is C53H78O6. The summed E-state index contributed by atoms with van der Waals surface area (Å²) in [5.74, 6) is -1.17. The van der Waals surface area contributed by atoms with E-state index in [9.17, 15) is 14.4 Å². The molecule has 1 atom stereocenters. The first-order chi connectivity index (χ1) is 29.0. The molecule has 0 heterocycles. The average Bonchev–Trinajstić information content (AvgIpc) is 3.23. The molecule has 0 aliphatic carbocycles. The van der Waals surface area contributed by atoms with Crippen molar-refractivity contribution < 1.29 is 28.6 Å². The quantitative estimate of drug-likeness (QED) is 0.0204. The molecule has 0 fully saturated rings.